The van der Waals surface area contributed by atoms with E-state index in [1.807, 2.05) is 13.0 Å². The van der Waals surface area contributed by atoms with Gasteiger partial charge in [0.1, 0.15) is 0 Å². The summed E-state index contributed by atoms with van der Waals surface area (Å²) in [5.74, 6) is 1.08. The summed E-state index contributed by atoms with van der Waals surface area (Å²) >= 11 is 0. The molecule has 0 saturated heterocycles. The van der Waals surface area contributed by atoms with Crippen molar-refractivity contribution in [1.29, 1.82) is 0 Å². The van der Waals surface area contributed by atoms with Crippen LogP contribution in [0.15, 0.2) is 42.7 Å². The van der Waals surface area contributed by atoms with Gasteiger partial charge < -0.3 is 14.8 Å². The van der Waals surface area contributed by atoms with Gasteiger partial charge in [-0.05, 0) is 31.2 Å². The lowest BCUT2D eigenvalue weighted by atomic mass is 10.1. The first-order chi connectivity index (χ1) is 11.2. The summed E-state index contributed by atoms with van der Waals surface area (Å²) in [6.07, 6.45) is 3.38. The van der Waals surface area contributed by atoms with Crippen LogP contribution in [0.1, 0.15) is 16.1 Å². The molecule has 1 N–H and O–H groups in total. The number of anilines is 1. The average molecular weight is 307 g/mol. The first kappa shape index (κ1) is 13.5. The minimum atomic E-state index is -0.223. The van der Waals surface area contributed by atoms with E-state index in [0.29, 0.717) is 28.4 Å². The average Bonchev–Trinajstić information content (AvgIpc) is 3.01. The summed E-state index contributed by atoms with van der Waals surface area (Å²) in [6, 6.07) is 8.91. The molecule has 3 aromatic rings. The molecule has 0 aliphatic carbocycles. The Labute approximate surface area is 132 Å². The molecule has 0 spiro atoms. The predicted molar refractivity (Wildman–Crippen MR) is 84.8 cm³/mol. The van der Waals surface area contributed by atoms with E-state index in [1.54, 1.807) is 36.7 Å². The molecule has 1 amide bonds. The van der Waals surface area contributed by atoms with Crippen molar-refractivity contribution in [2.24, 2.45) is 0 Å². The first-order valence-corrected chi connectivity index (χ1v) is 7.13. The number of hydrogen-bond acceptors (Lipinski definition) is 5. The molecular weight excluding hydrogens is 294 g/mol. The van der Waals surface area contributed by atoms with Crippen LogP contribution in [0.3, 0.4) is 0 Å². The van der Waals surface area contributed by atoms with E-state index in [4.69, 9.17) is 9.47 Å². The predicted octanol–water partition coefficient (Wildman–Crippen LogP) is 2.92. The molecule has 6 heteroatoms. The Balaban J connectivity index is 1.65. The number of fused-ring (bicyclic) bond motifs is 2. The molecule has 2 aromatic heterocycles. The van der Waals surface area contributed by atoms with Crippen LogP contribution in [0.25, 0.3) is 10.9 Å². The smallest absolute Gasteiger partial charge is 0.257 e. The second-order valence-electron chi connectivity index (χ2n) is 5.21. The molecule has 1 aliphatic heterocycles. The Morgan fingerprint density at radius 2 is 2.04 bits per heavy atom. The molecule has 0 fully saturated rings. The number of carbonyl (C=O) groups excluding carboxylic acids is 1. The minimum absolute atomic E-state index is 0.202. The van der Waals surface area contributed by atoms with E-state index in [0.717, 1.165) is 10.9 Å². The number of pyridine rings is 2. The molecule has 4 rings (SSSR count). The molecule has 0 bridgehead atoms. The van der Waals surface area contributed by atoms with Gasteiger partial charge in [0, 0.05) is 29.5 Å². The van der Waals surface area contributed by atoms with Gasteiger partial charge in [0.05, 0.1) is 16.8 Å². The van der Waals surface area contributed by atoms with Gasteiger partial charge in [-0.15, -0.1) is 0 Å². The Hall–Kier alpha value is -3.15. The van der Waals surface area contributed by atoms with Crippen LogP contribution in [0, 0.1) is 6.92 Å². The van der Waals surface area contributed by atoms with Crippen LogP contribution < -0.4 is 14.8 Å². The van der Waals surface area contributed by atoms with Crippen LogP contribution in [0.2, 0.25) is 0 Å². The Morgan fingerprint density at radius 3 is 2.96 bits per heavy atom. The SMILES string of the molecule is Cc1nc2ccncc2cc1C(=O)Nc1ccc2c(c1)OCO2. The number of rotatable bonds is 2. The molecule has 1 aromatic carbocycles. The summed E-state index contributed by atoms with van der Waals surface area (Å²) in [4.78, 5) is 21.0. The fraction of sp³-hybridized carbons (Fsp3) is 0.118. The number of nitrogens with zero attached hydrogens (tertiary/aromatic N) is 2. The van der Waals surface area contributed by atoms with Gasteiger partial charge in [-0.3, -0.25) is 14.8 Å². The lowest BCUT2D eigenvalue weighted by Gasteiger charge is -2.09. The zero-order chi connectivity index (χ0) is 15.8. The lowest BCUT2D eigenvalue weighted by Crippen LogP contribution is -2.14. The number of nitrogens with one attached hydrogen (secondary N) is 1. The minimum Gasteiger partial charge on any atom is -0.454 e. The van der Waals surface area contributed by atoms with Crippen molar-refractivity contribution in [2.45, 2.75) is 6.92 Å². The molecule has 23 heavy (non-hydrogen) atoms. The van der Waals surface area contributed by atoms with Crippen molar-refractivity contribution in [2.75, 3.05) is 12.1 Å². The summed E-state index contributed by atoms with van der Waals surface area (Å²) in [6.45, 7) is 2.02. The lowest BCUT2D eigenvalue weighted by molar-refractivity contribution is 0.102. The standard InChI is InChI=1S/C17H13N3O3/c1-10-13(6-11-8-18-5-4-14(11)19-10)17(21)20-12-2-3-15-16(7-12)23-9-22-15/h2-8H,9H2,1H3,(H,20,21). The Kier molecular flexibility index (Phi) is 3.08. The second kappa shape index (κ2) is 5.24. The van der Waals surface area contributed by atoms with Crippen molar-refractivity contribution in [3.63, 3.8) is 0 Å². The monoisotopic (exact) mass is 307 g/mol. The number of amides is 1. The Bertz CT molecular complexity index is 924. The van der Waals surface area contributed by atoms with E-state index in [1.165, 1.54) is 0 Å². The number of benzene rings is 1. The van der Waals surface area contributed by atoms with Crippen LogP contribution in [-0.4, -0.2) is 22.7 Å². The molecule has 0 unspecified atom stereocenters. The summed E-state index contributed by atoms with van der Waals surface area (Å²) in [5, 5.41) is 3.69. The molecular formula is C17H13N3O3. The van der Waals surface area contributed by atoms with E-state index < -0.39 is 0 Å². The van der Waals surface area contributed by atoms with Gasteiger partial charge in [-0.2, -0.15) is 0 Å². The van der Waals surface area contributed by atoms with Crippen molar-refractivity contribution in [1.82, 2.24) is 9.97 Å². The quantitative estimate of drug-likeness (QED) is 0.788. The third kappa shape index (κ3) is 2.44. The normalized spacial score (nSPS) is 12.4. The number of ether oxygens (including phenoxy) is 2. The number of aryl methyl sites for hydroxylation is 1. The molecule has 0 atom stereocenters. The van der Waals surface area contributed by atoms with E-state index >= 15 is 0 Å². The van der Waals surface area contributed by atoms with Gasteiger partial charge in [-0.25, -0.2) is 0 Å². The van der Waals surface area contributed by atoms with Crippen molar-refractivity contribution < 1.29 is 14.3 Å². The summed E-state index contributed by atoms with van der Waals surface area (Å²) in [5.41, 5.74) is 2.65. The number of carbonyl (C=O) groups is 1. The highest BCUT2D eigenvalue weighted by molar-refractivity contribution is 6.06. The number of hydrogen-bond donors (Lipinski definition) is 1. The van der Waals surface area contributed by atoms with Crippen molar-refractivity contribution >= 4 is 22.5 Å². The maximum absolute atomic E-state index is 12.5. The highest BCUT2D eigenvalue weighted by Gasteiger charge is 2.16. The van der Waals surface area contributed by atoms with Crippen molar-refractivity contribution in [3.8, 4) is 11.5 Å². The largest absolute Gasteiger partial charge is 0.454 e. The van der Waals surface area contributed by atoms with Gasteiger partial charge in [-0.1, -0.05) is 0 Å². The Morgan fingerprint density at radius 1 is 1.17 bits per heavy atom. The molecule has 0 radical (unpaired) electrons. The maximum Gasteiger partial charge on any atom is 0.257 e. The summed E-state index contributed by atoms with van der Waals surface area (Å²) < 4.78 is 10.6. The van der Waals surface area contributed by atoms with Crippen LogP contribution >= 0.6 is 0 Å². The fourth-order valence-corrected chi connectivity index (χ4v) is 2.52. The molecule has 6 nitrogen and oxygen atoms in total. The van der Waals surface area contributed by atoms with Gasteiger partial charge in [0.25, 0.3) is 5.91 Å². The highest BCUT2D eigenvalue weighted by Crippen LogP contribution is 2.34. The molecule has 3 heterocycles. The van der Waals surface area contributed by atoms with Crippen LogP contribution in [-0.2, 0) is 0 Å². The van der Waals surface area contributed by atoms with E-state index in [2.05, 4.69) is 15.3 Å². The fourth-order valence-electron chi connectivity index (χ4n) is 2.52. The van der Waals surface area contributed by atoms with Crippen LogP contribution in [0.5, 0.6) is 11.5 Å². The van der Waals surface area contributed by atoms with Gasteiger partial charge >= 0.3 is 0 Å². The number of aromatic nitrogens is 2. The maximum atomic E-state index is 12.5. The summed E-state index contributed by atoms with van der Waals surface area (Å²) in [7, 11) is 0. The molecule has 114 valence electrons. The van der Waals surface area contributed by atoms with Crippen LogP contribution in [0.4, 0.5) is 5.69 Å². The second-order valence-corrected chi connectivity index (χ2v) is 5.21. The zero-order valence-corrected chi connectivity index (χ0v) is 12.4. The van der Waals surface area contributed by atoms with E-state index in [9.17, 15) is 4.79 Å². The van der Waals surface area contributed by atoms with Gasteiger partial charge in [0.2, 0.25) is 6.79 Å². The third-order valence-electron chi connectivity index (χ3n) is 3.68. The zero-order valence-electron chi connectivity index (χ0n) is 12.4. The molecule has 1 aliphatic rings. The van der Waals surface area contributed by atoms with Crippen molar-refractivity contribution in [3.05, 3.63) is 54.0 Å². The molecule has 0 saturated carbocycles. The third-order valence-corrected chi connectivity index (χ3v) is 3.68. The van der Waals surface area contributed by atoms with Gasteiger partial charge in [0.15, 0.2) is 11.5 Å². The highest BCUT2D eigenvalue weighted by atomic mass is 16.7. The van der Waals surface area contributed by atoms with E-state index in [-0.39, 0.29) is 12.7 Å². The first-order valence-electron chi connectivity index (χ1n) is 7.13. The topological polar surface area (TPSA) is 73.3 Å².